The van der Waals surface area contributed by atoms with Gasteiger partial charge in [0.25, 0.3) is 0 Å². The van der Waals surface area contributed by atoms with E-state index in [1.807, 2.05) is 13.8 Å². The number of rotatable bonds is 6. The van der Waals surface area contributed by atoms with Gasteiger partial charge in [0.1, 0.15) is 0 Å². The van der Waals surface area contributed by atoms with E-state index in [4.69, 9.17) is 16.3 Å². The Labute approximate surface area is 109 Å². The van der Waals surface area contributed by atoms with Gasteiger partial charge >= 0.3 is 0 Å². The van der Waals surface area contributed by atoms with E-state index in [-0.39, 0.29) is 17.7 Å². The third-order valence-electron chi connectivity index (χ3n) is 3.11. The molecule has 17 heavy (non-hydrogen) atoms. The van der Waals surface area contributed by atoms with Gasteiger partial charge in [-0.25, -0.2) is 13.1 Å². The lowest BCUT2D eigenvalue weighted by Gasteiger charge is -2.28. The molecule has 0 bridgehead atoms. The molecule has 2 unspecified atom stereocenters. The van der Waals surface area contributed by atoms with Crippen LogP contribution in [0.2, 0.25) is 0 Å². The highest BCUT2D eigenvalue weighted by molar-refractivity contribution is 7.89. The van der Waals surface area contributed by atoms with E-state index < -0.39 is 10.0 Å². The highest BCUT2D eigenvalue weighted by Crippen LogP contribution is 2.19. The molecule has 0 amide bonds. The number of hydrogen-bond donors (Lipinski definition) is 1. The normalized spacial score (nSPS) is 22.3. The van der Waals surface area contributed by atoms with Gasteiger partial charge in [-0.2, -0.15) is 0 Å². The predicted molar refractivity (Wildman–Crippen MR) is 69.8 cm³/mol. The molecule has 4 nitrogen and oxygen atoms in total. The maximum absolute atomic E-state index is 11.9. The van der Waals surface area contributed by atoms with Gasteiger partial charge in [0.15, 0.2) is 0 Å². The first-order chi connectivity index (χ1) is 7.94. The van der Waals surface area contributed by atoms with Crippen molar-refractivity contribution in [2.24, 2.45) is 11.8 Å². The molecule has 1 aliphatic rings. The van der Waals surface area contributed by atoms with Crippen LogP contribution in [0, 0.1) is 11.8 Å². The zero-order valence-corrected chi connectivity index (χ0v) is 12.1. The molecular weight excluding hydrogens is 262 g/mol. The number of sulfonamides is 1. The van der Waals surface area contributed by atoms with Crippen molar-refractivity contribution in [1.29, 1.82) is 0 Å². The number of nitrogens with one attached hydrogen (secondary N) is 1. The Hall–Kier alpha value is 0.160. The smallest absolute Gasteiger partial charge is 0.212 e. The van der Waals surface area contributed by atoms with Gasteiger partial charge in [0.05, 0.1) is 5.75 Å². The van der Waals surface area contributed by atoms with E-state index in [9.17, 15) is 8.42 Å². The van der Waals surface area contributed by atoms with Crippen molar-refractivity contribution in [3.8, 4) is 0 Å². The average Bonchev–Trinajstić information content (AvgIpc) is 2.28. The number of alkyl halides is 1. The van der Waals surface area contributed by atoms with Crippen molar-refractivity contribution in [3.63, 3.8) is 0 Å². The summed E-state index contributed by atoms with van der Waals surface area (Å²) in [5, 5.41) is 0. The quantitative estimate of drug-likeness (QED) is 0.753. The van der Waals surface area contributed by atoms with Crippen LogP contribution in [-0.4, -0.2) is 39.3 Å². The molecule has 102 valence electrons. The minimum Gasteiger partial charge on any atom is -0.381 e. The zero-order chi connectivity index (χ0) is 12.9. The van der Waals surface area contributed by atoms with Crippen LogP contribution < -0.4 is 4.72 Å². The summed E-state index contributed by atoms with van der Waals surface area (Å²) < 4.78 is 31.7. The van der Waals surface area contributed by atoms with Crippen LogP contribution in [0.15, 0.2) is 0 Å². The topological polar surface area (TPSA) is 55.4 Å². The van der Waals surface area contributed by atoms with Crippen molar-refractivity contribution in [1.82, 2.24) is 4.72 Å². The van der Waals surface area contributed by atoms with Crippen molar-refractivity contribution < 1.29 is 13.2 Å². The fraction of sp³-hybridized carbons (Fsp3) is 1.00. The molecule has 1 saturated heterocycles. The lowest BCUT2D eigenvalue weighted by Crippen LogP contribution is -2.42. The van der Waals surface area contributed by atoms with Gasteiger partial charge < -0.3 is 4.74 Å². The Balaban J connectivity index is 2.45. The Kier molecular flexibility index (Phi) is 6.20. The van der Waals surface area contributed by atoms with E-state index in [1.54, 1.807) is 0 Å². The maximum atomic E-state index is 11.9. The van der Waals surface area contributed by atoms with Crippen LogP contribution >= 0.6 is 11.6 Å². The maximum Gasteiger partial charge on any atom is 0.212 e. The van der Waals surface area contributed by atoms with Gasteiger partial charge in [-0.05, 0) is 31.6 Å². The monoisotopic (exact) mass is 283 g/mol. The summed E-state index contributed by atoms with van der Waals surface area (Å²) in [5.74, 6) is 0.831. The summed E-state index contributed by atoms with van der Waals surface area (Å²) in [7, 11) is -3.22. The molecule has 0 saturated carbocycles. The first-order valence-corrected chi connectivity index (χ1v) is 8.27. The second kappa shape index (κ2) is 6.92. The molecule has 6 heteroatoms. The zero-order valence-electron chi connectivity index (χ0n) is 10.5. The molecule has 0 radical (unpaired) electrons. The molecule has 0 aromatic rings. The summed E-state index contributed by atoms with van der Waals surface area (Å²) in [6.07, 6.45) is 1.85. The van der Waals surface area contributed by atoms with Gasteiger partial charge in [-0.15, -0.1) is 11.6 Å². The van der Waals surface area contributed by atoms with Crippen molar-refractivity contribution >= 4 is 21.6 Å². The SMILES string of the molecule is CC(CCl)CS(=O)(=O)NC(C)C1CCOCC1. The third kappa shape index (κ3) is 5.55. The molecule has 2 atom stereocenters. The first kappa shape index (κ1) is 15.2. The predicted octanol–water partition coefficient (Wildman–Crippen LogP) is 1.60. The molecule has 0 aliphatic carbocycles. The number of ether oxygens (including phenoxy) is 1. The molecule has 0 aromatic heterocycles. The minimum absolute atomic E-state index is 0.0175. The van der Waals surface area contributed by atoms with Crippen LogP contribution in [0.5, 0.6) is 0 Å². The lowest BCUT2D eigenvalue weighted by molar-refractivity contribution is 0.0585. The third-order valence-corrected chi connectivity index (χ3v) is 5.37. The van der Waals surface area contributed by atoms with Crippen LogP contribution in [-0.2, 0) is 14.8 Å². The van der Waals surface area contributed by atoms with Crippen LogP contribution in [0.1, 0.15) is 26.7 Å². The summed E-state index contributed by atoms with van der Waals surface area (Å²) in [5.41, 5.74) is 0. The molecule has 0 aromatic carbocycles. The van der Waals surface area contributed by atoms with E-state index in [1.165, 1.54) is 0 Å². The summed E-state index contributed by atoms with van der Waals surface area (Å²) >= 11 is 5.63. The largest absolute Gasteiger partial charge is 0.381 e. The average molecular weight is 284 g/mol. The molecular formula is C11H22ClNO3S. The summed E-state index contributed by atoms with van der Waals surface area (Å²) in [6.45, 7) is 5.23. The summed E-state index contributed by atoms with van der Waals surface area (Å²) in [6, 6.07) is -0.0218. The van der Waals surface area contributed by atoms with Crippen molar-refractivity contribution in [2.45, 2.75) is 32.7 Å². The molecule has 1 fully saturated rings. The standard InChI is InChI=1S/C11H22ClNO3S/c1-9(7-12)8-17(14,15)13-10(2)11-3-5-16-6-4-11/h9-11,13H,3-8H2,1-2H3. The molecule has 1 aliphatic heterocycles. The van der Waals surface area contributed by atoms with Gasteiger partial charge in [0.2, 0.25) is 10.0 Å². The van der Waals surface area contributed by atoms with E-state index in [0.29, 0.717) is 11.8 Å². The summed E-state index contributed by atoms with van der Waals surface area (Å²) in [4.78, 5) is 0. The Morgan fingerprint density at radius 1 is 1.35 bits per heavy atom. The second-order valence-electron chi connectivity index (χ2n) is 4.90. The second-order valence-corrected chi connectivity index (χ2v) is 7.00. The van der Waals surface area contributed by atoms with E-state index in [2.05, 4.69) is 4.72 Å². The highest BCUT2D eigenvalue weighted by atomic mass is 35.5. The Bertz CT molecular complexity index is 315. The van der Waals surface area contributed by atoms with Crippen molar-refractivity contribution in [3.05, 3.63) is 0 Å². The molecule has 0 spiro atoms. The van der Waals surface area contributed by atoms with E-state index in [0.717, 1.165) is 26.1 Å². The van der Waals surface area contributed by atoms with Crippen LogP contribution in [0.4, 0.5) is 0 Å². The molecule has 1 heterocycles. The molecule has 1 rings (SSSR count). The minimum atomic E-state index is -3.22. The van der Waals surface area contributed by atoms with Crippen LogP contribution in [0.25, 0.3) is 0 Å². The molecule has 1 N–H and O–H groups in total. The lowest BCUT2D eigenvalue weighted by atomic mass is 9.94. The van der Waals surface area contributed by atoms with Gasteiger partial charge in [-0.1, -0.05) is 6.92 Å². The van der Waals surface area contributed by atoms with Crippen molar-refractivity contribution in [2.75, 3.05) is 24.8 Å². The van der Waals surface area contributed by atoms with Crippen LogP contribution in [0.3, 0.4) is 0 Å². The Morgan fingerprint density at radius 3 is 2.47 bits per heavy atom. The van der Waals surface area contributed by atoms with E-state index >= 15 is 0 Å². The van der Waals surface area contributed by atoms with Gasteiger partial charge in [-0.3, -0.25) is 0 Å². The van der Waals surface area contributed by atoms with Gasteiger partial charge in [0, 0.05) is 25.1 Å². The highest BCUT2D eigenvalue weighted by Gasteiger charge is 2.25. The number of hydrogen-bond acceptors (Lipinski definition) is 3. The fourth-order valence-electron chi connectivity index (χ4n) is 2.06. The number of halogens is 1. The Morgan fingerprint density at radius 2 is 1.94 bits per heavy atom. The fourth-order valence-corrected chi connectivity index (χ4v) is 4.02. The first-order valence-electron chi connectivity index (χ1n) is 6.08.